The van der Waals surface area contributed by atoms with Crippen molar-refractivity contribution in [2.45, 2.75) is 19.8 Å². The highest BCUT2D eigenvalue weighted by atomic mass is 16.1. The molecule has 0 aliphatic rings. The lowest BCUT2D eigenvalue weighted by Gasteiger charge is -2.19. The lowest BCUT2D eigenvalue weighted by atomic mass is 9.88. The molecule has 4 nitrogen and oxygen atoms in total. The quantitative estimate of drug-likeness (QED) is 0.732. The molecule has 1 unspecified atom stereocenters. The van der Waals surface area contributed by atoms with Crippen molar-refractivity contribution in [1.82, 2.24) is 9.97 Å². The number of hydrogen-bond acceptors (Lipinski definition) is 2. The molecular weight excluding hydrogens is 202 g/mol. The van der Waals surface area contributed by atoms with Gasteiger partial charge in [-0.05, 0) is 36.1 Å². The number of aromatic nitrogens is 2. The topological polar surface area (TPSA) is 74.7 Å². The molecule has 0 bridgehead atoms. The maximum Gasteiger partial charge on any atom is 0.323 e. The van der Waals surface area contributed by atoms with Gasteiger partial charge in [0.05, 0.1) is 11.0 Å². The third-order valence-electron chi connectivity index (χ3n) is 3.03. The molecule has 0 saturated heterocycles. The van der Waals surface area contributed by atoms with Gasteiger partial charge in [-0.3, -0.25) is 0 Å². The number of benzene rings is 1. The van der Waals surface area contributed by atoms with Gasteiger partial charge < -0.3 is 15.7 Å². The Kier molecular flexibility index (Phi) is 2.83. The highest BCUT2D eigenvalue weighted by Gasteiger charge is 2.14. The Morgan fingerprint density at radius 3 is 2.56 bits per heavy atom. The van der Waals surface area contributed by atoms with E-state index in [9.17, 15) is 4.79 Å². The van der Waals surface area contributed by atoms with Gasteiger partial charge in [0.2, 0.25) is 0 Å². The van der Waals surface area contributed by atoms with Crippen LogP contribution in [0.5, 0.6) is 0 Å². The van der Waals surface area contributed by atoms with Crippen molar-refractivity contribution in [1.29, 1.82) is 0 Å². The van der Waals surface area contributed by atoms with Crippen molar-refractivity contribution in [2.75, 3.05) is 6.54 Å². The molecule has 1 heterocycles. The molecule has 2 rings (SSSR count). The van der Waals surface area contributed by atoms with Gasteiger partial charge in [-0.15, -0.1) is 0 Å². The molecule has 16 heavy (non-hydrogen) atoms. The number of nitrogens with one attached hydrogen (secondary N) is 2. The van der Waals surface area contributed by atoms with Crippen molar-refractivity contribution in [2.24, 2.45) is 11.7 Å². The second kappa shape index (κ2) is 4.14. The van der Waals surface area contributed by atoms with Crippen LogP contribution in [-0.2, 0) is 0 Å². The van der Waals surface area contributed by atoms with Gasteiger partial charge in [-0.2, -0.15) is 0 Å². The minimum Gasteiger partial charge on any atom is -0.330 e. The number of aromatic amines is 2. The van der Waals surface area contributed by atoms with E-state index >= 15 is 0 Å². The van der Waals surface area contributed by atoms with E-state index in [1.807, 2.05) is 18.2 Å². The molecule has 0 amide bonds. The number of fused-ring (bicyclic) bond motifs is 1. The zero-order valence-corrected chi connectivity index (χ0v) is 9.58. The molecule has 0 spiro atoms. The number of nitrogens with two attached hydrogens (primary N) is 1. The second-order valence-electron chi connectivity index (χ2n) is 4.47. The molecule has 1 atom stereocenters. The molecule has 1 aromatic heterocycles. The molecule has 2 aromatic rings. The fourth-order valence-electron chi connectivity index (χ4n) is 2.07. The summed E-state index contributed by atoms with van der Waals surface area (Å²) in [6.07, 6.45) is 0. The average molecular weight is 219 g/mol. The van der Waals surface area contributed by atoms with Crippen molar-refractivity contribution in [3.05, 3.63) is 34.2 Å². The first-order chi connectivity index (χ1) is 7.61. The fraction of sp³-hybridized carbons (Fsp3) is 0.417. The van der Waals surface area contributed by atoms with Gasteiger partial charge in [0.1, 0.15) is 0 Å². The maximum atomic E-state index is 11.1. The monoisotopic (exact) mass is 219 g/mol. The third-order valence-corrected chi connectivity index (χ3v) is 3.03. The van der Waals surface area contributed by atoms with Crippen LogP contribution in [0.15, 0.2) is 23.0 Å². The van der Waals surface area contributed by atoms with Gasteiger partial charge in [0, 0.05) is 0 Å². The lowest BCUT2D eigenvalue weighted by Crippen LogP contribution is -2.17. The van der Waals surface area contributed by atoms with E-state index in [1.165, 1.54) is 5.56 Å². The predicted octanol–water partition coefficient (Wildman–Crippen LogP) is 1.55. The average Bonchev–Trinajstić information content (AvgIpc) is 2.57. The van der Waals surface area contributed by atoms with E-state index < -0.39 is 0 Å². The van der Waals surface area contributed by atoms with Crippen LogP contribution >= 0.6 is 0 Å². The molecule has 1 aromatic carbocycles. The molecule has 0 fully saturated rings. The van der Waals surface area contributed by atoms with Gasteiger partial charge in [-0.1, -0.05) is 19.9 Å². The summed E-state index contributed by atoms with van der Waals surface area (Å²) in [5.41, 5.74) is 8.48. The zero-order chi connectivity index (χ0) is 11.7. The van der Waals surface area contributed by atoms with Crippen molar-refractivity contribution < 1.29 is 0 Å². The van der Waals surface area contributed by atoms with E-state index in [0.29, 0.717) is 18.4 Å². The third kappa shape index (κ3) is 1.88. The predicted molar refractivity (Wildman–Crippen MR) is 65.6 cm³/mol. The van der Waals surface area contributed by atoms with Crippen LogP contribution < -0.4 is 11.4 Å². The van der Waals surface area contributed by atoms with Crippen LogP contribution in [-0.4, -0.2) is 16.5 Å². The largest absolute Gasteiger partial charge is 0.330 e. The molecule has 0 saturated carbocycles. The summed E-state index contributed by atoms with van der Waals surface area (Å²) in [7, 11) is 0. The molecule has 4 N–H and O–H groups in total. The molecule has 0 radical (unpaired) electrons. The maximum absolute atomic E-state index is 11.1. The summed E-state index contributed by atoms with van der Waals surface area (Å²) in [6.45, 7) is 4.93. The minimum absolute atomic E-state index is 0.166. The Morgan fingerprint density at radius 2 is 1.94 bits per heavy atom. The zero-order valence-electron chi connectivity index (χ0n) is 9.58. The van der Waals surface area contributed by atoms with Crippen molar-refractivity contribution in [3.8, 4) is 0 Å². The van der Waals surface area contributed by atoms with E-state index in [2.05, 4.69) is 23.8 Å². The summed E-state index contributed by atoms with van der Waals surface area (Å²) in [4.78, 5) is 16.6. The van der Waals surface area contributed by atoms with E-state index in [0.717, 1.165) is 11.0 Å². The van der Waals surface area contributed by atoms with Crippen molar-refractivity contribution >= 4 is 11.0 Å². The first-order valence-electron chi connectivity index (χ1n) is 5.54. The first-order valence-corrected chi connectivity index (χ1v) is 5.54. The van der Waals surface area contributed by atoms with E-state index in [1.54, 1.807) is 0 Å². The van der Waals surface area contributed by atoms with Gasteiger partial charge in [-0.25, -0.2) is 4.79 Å². The summed E-state index contributed by atoms with van der Waals surface area (Å²) < 4.78 is 0. The van der Waals surface area contributed by atoms with Crippen LogP contribution in [0.1, 0.15) is 25.3 Å². The van der Waals surface area contributed by atoms with Gasteiger partial charge in [0.25, 0.3) is 0 Å². The number of H-pyrrole nitrogens is 2. The smallest absolute Gasteiger partial charge is 0.323 e. The number of rotatable bonds is 3. The van der Waals surface area contributed by atoms with E-state index in [-0.39, 0.29) is 5.69 Å². The second-order valence-corrected chi connectivity index (χ2v) is 4.47. The van der Waals surface area contributed by atoms with Crippen LogP contribution in [0, 0.1) is 5.92 Å². The number of hydrogen-bond donors (Lipinski definition) is 3. The van der Waals surface area contributed by atoms with Gasteiger partial charge >= 0.3 is 5.69 Å². The Balaban J connectivity index is 2.48. The minimum atomic E-state index is -0.166. The summed E-state index contributed by atoms with van der Waals surface area (Å²) in [5.74, 6) is 0.830. The molecule has 0 aliphatic heterocycles. The fourth-order valence-corrected chi connectivity index (χ4v) is 2.07. The molecule has 86 valence electrons. The highest BCUT2D eigenvalue weighted by Crippen LogP contribution is 2.24. The molecular formula is C12H17N3O. The van der Waals surface area contributed by atoms with Crippen molar-refractivity contribution in [3.63, 3.8) is 0 Å². The van der Waals surface area contributed by atoms with Crippen LogP contribution in [0.4, 0.5) is 0 Å². The lowest BCUT2D eigenvalue weighted by molar-refractivity contribution is 0.507. The Bertz CT molecular complexity index is 538. The molecule has 0 aliphatic carbocycles. The van der Waals surface area contributed by atoms with Crippen LogP contribution in [0.2, 0.25) is 0 Å². The normalized spacial score (nSPS) is 13.5. The van der Waals surface area contributed by atoms with Crippen LogP contribution in [0.25, 0.3) is 11.0 Å². The Hall–Kier alpha value is -1.55. The molecule has 4 heteroatoms. The highest BCUT2D eigenvalue weighted by molar-refractivity contribution is 5.75. The summed E-state index contributed by atoms with van der Waals surface area (Å²) in [6, 6.07) is 5.96. The standard InChI is InChI=1S/C12H17N3O/c1-7(2)9(6-13)8-3-4-10-11(5-8)15-12(16)14-10/h3-5,7,9H,6,13H2,1-2H3,(H2,14,15,16). The van der Waals surface area contributed by atoms with Crippen LogP contribution in [0.3, 0.4) is 0 Å². The summed E-state index contributed by atoms with van der Waals surface area (Å²) in [5, 5.41) is 0. The van der Waals surface area contributed by atoms with E-state index in [4.69, 9.17) is 5.73 Å². The van der Waals surface area contributed by atoms with Gasteiger partial charge in [0.15, 0.2) is 0 Å². The first kappa shape index (κ1) is 11.0. The SMILES string of the molecule is CC(C)C(CN)c1ccc2[nH]c(=O)[nH]c2c1. The number of imidazole rings is 1. The Morgan fingerprint density at radius 1 is 1.25 bits per heavy atom. The Labute approximate surface area is 93.9 Å². The summed E-state index contributed by atoms with van der Waals surface area (Å²) >= 11 is 0.